The van der Waals surface area contributed by atoms with Crippen LogP contribution in [0.4, 0.5) is 0 Å². The van der Waals surface area contributed by atoms with Gasteiger partial charge in [0.05, 0.1) is 16.8 Å². The number of nitrogens with zero attached hydrogens (tertiary/aromatic N) is 1. The Morgan fingerprint density at radius 2 is 2.05 bits per heavy atom. The van der Waals surface area contributed by atoms with Crippen molar-refractivity contribution in [3.8, 4) is 10.6 Å². The number of H-pyrrole nitrogens is 1. The van der Waals surface area contributed by atoms with Gasteiger partial charge in [0.1, 0.15) is 0 Å². The largest absolute Gasteiger partial charge is 0.306 e. The van der Waals surface area contributed by atoms with Crippen molar-refractivity contribution in [1.82, 2.24) is 15.5 Å². The number of thiophene rings is 1. The second-order valence-corrected chi connectivity index (χ2v) is 5.95. The standard InChI is InChI=1S/C17H19N3S/c1-2-15(13-7-4-3-5-8-13)18-11-14-12-19-20-17(14)16-9-6-10-21-16/h3-10,12,15,18H,2,11H2,1H3,(H,19,20). The number of hydrogen-bond donors (Lipinski definition) is 2. The molecule has 0 aliphatic rings. The molecule has 2 aromatic heterocycles. The molecule has 0 radical (unpaired) electrons. The molecule has 21 heavy (non-hydrogen) atoms. The second-order valence-electron chi connectivity index (χ2n) is 5.00. The van der Waals surface area contributed by atoms with E-state index in [0.29, 0.717) is 6.04 Å². The van der Waals surface area contributed by atoms with Crippen LogP contribution in [-0.4, -0.2) is 10.2 Å². The van der Waals surface area contributed by atoms with Crippen LogP contribution in [0.15, 0.2) is 54.0 Å². The first-order chi connectivity index (χ1) is 10.4. The Kier molecular flexibility index (Phi) is 4.48. The Hall–Kier alpha value is -1.91. The van der Waals surface area contributed by atoms with Gasteiger partial charge in [-0.2, -0.15) is 5.10 Å². The van der Waals surface area contributed by atoms with Crippen LogP contribution in [0, 0.1) is 0 Å². The highest BCUT2D eigenvalue weighted by Gasteiger charge is 2.12. The number of benzene rings is 1. The van der Waals surface area contributed by atoms with Crippen LogP contribution in [0.25, 0.3) is 10.6 Å². The maximum Gasteiger partial charge on any atom is 0.0794 e. The molecule has 4 heteroatoms. The monoisotopic (exact) mass is 297 g/mol. The van der Waals surface area contributed by atoms with Gasteiger partial charge < -0.3 is 5.32 Å². The van der Waals surface area contributed by atoms with Crippen LogP contribution in [0.2, 0.25) is 0 Å². The van der Waals surface area contributed by atoms with E-state index in [9.17, 15) is 0 Å². The number of rotatable bonds is 6. The van der Waals surface area contributed by atoms with Crippen LogP contribution in [0.3, 0.4) is 0 Å². The van der Waals surface area contributed by atoms with Crippen molar-refractivity contribution >= 4 is 11.3 Å². The molecule has 1 unspecified atom stereocenters. The number of hydrogen-bond acceptors (Lipinski definition) is 3. The van der Waals surface area contributed by atoms with E-state index in [4.69, 9.17) is 0 Å². The van der Waals surface area contributed by atoms with Crippen molar-refractivity contribution < 1.29 is 0 Å². The minimum atomic E-state index is 0.372. The van der Waals surface area contributed by atoms with Crippen LogP contribution < -0.4 is 5.32 Å². The van der Waals surface area contributed by atoms with Crippen molar-refractivity contribution in [3.05, 3.63) is 65.2 Å². The SMILES string of the molecule is CCC(NCc1cn[nH]c1-c1cccs1)c1ccccc1. The molecule has 0 aliphatic heterocycles. The molecule has 0 spiro atoms. The lowest BCUT2D eigenvalue weighted by molar-refractivity contribution is 0.519. The first kappa shape index (κ1) is 14.0. The third-order valence-electron chi connectivity index (χ3n) is 3.63. The summed E-state index contributed by atoms with van der Waals surface area (Å²) >= 11 is 1.73. The summed E-state index contributed by atoms with van der Waals surface area (Å²) in [4.78, 5) is 1.23. The zero-order valence-corrected chi connectivity index (χ0v) is 12.9. The van der Waals surface area contributed by atoms with Crippen LogP contribution >= 0.6 is 11.3 Å². The predicted octanol–water partition coefficient (Wildman–Crippen LogP) is 4.38. The van der Waals surface area contributed by atoms with Gasteiger partial charge in [-0.25, -0.2) is 0 Å². The topological polar surface area (TPSA) is 40.7 Å². The summed E-state index contributed by atoms with van der Waals surface area (Å²) < 4.78 is 0. The number of aromatic amines is 1. The van der Waals surface area contributed by atoms with E-state index in [1.54, 1.807) is 11.3 Å². The summed E-state index contributed by atoms with van der Waals surface area (Å²) in [6, 6.07) is 15.2. The van der Waals surface area contributed by atoms with Crippen LogP contribution in [-0.2, 0) is 6.54 Å². The van der Waals surface area contributed by atoms with Gasteiger partial charge in [0.15, 0.2) is 0 Å². The van der Waals surface area contributed by atoms with Crippen LogP contribution in [0.1, 0.15) is 30.5 Å². The fraction of sp³-hybridized carbons (Fsp3) is 0.235. The molecule has 0 saturated carbocycles. The fourth-order valence-corrected chi connectivity index (χ4v) is 3.25. The average Bonchev–Trinajstić information content (AvgIpc) is 3.20. The maximum absolute atomic E-state index is 4.20. The summed E-state index contributed by atoms with van der Waals surface area (Å²) in [6.45, 7) is 3.03. The van der Waals surface area contributed by atoms with E-state index < -0.39 is 0 Å². The fourth-order valence-electron chi connectivity index (χ4n) is 2.50. The molecule has 0 aliphatic carbocycles. The quantitative estimate of drug-likeness (QED) is 0.709. The molecular formula is C17H19N3S. The van der Waals surface area contributed by atoms with E-state index >= 15 is 0 Å². The smallest absolute Gasteiger partial charge is 0.0794 e. The van der Waals surface area contributed by atoms with Crippen molar-refractivity contribution in [1.29, 1.82) is 0 Å². The maximum atomic E-state index is 4.20. The Balaban J connectivity index is 1.72. The molecule has 2 N–H and O–H groups in total. The van der Waals surface area contributed by atoms with Gasteiger partial charge in [-0.1, -0.05) is 43.3 Å². The van der Waals surface area contributed by atoms with Crippen LogP contribution in [0.5, 0.6) is 0 Å². The van der Waals surface area contributed by atoms with Gasteiger partial charge in [-0.3, -0.25) is 5.10 Å². The molecule has 3 aromatic rings. The summed E-state index contributed by atoms with van der Waals surface area (Å²) in [5.41, 5.74) is 3.67. The summed E-state index contributed by atoms with van der Waals surface area (Å²) in [6.07, 6.45) is 2.98. The van der Waals surface area contributed by atoms with E-state index in [0.717, 1.165) is 18.7 Å². The molecular weight excluding hydrogens is 278 g/mol. The predicted molar refractivity (Wildman–Crippen MR) is 88.2 cm³/mol. The Morgan fingerprint density at radius 3 is 2.76 bits per heavy atom. The van der Waals surface area contributed by atoms with Gasteiger partial charge in [0.25, 0.3) is 0 Å². The normalized spacial score (nSPS) is 12.4. The third kappa shape index (κ3) is 3.23. The zero-order valence-electron chi connectivity index (χ0n) is 12.0. The molecule has 1 aromatic carbocycles. The Labute approximate surface area is 129 Å². The lowest BCUT2D eigenvalue weighted by atomic mass is 10.0. The van der Waals surface area contributed by atoms with E-state index in [1.165, 1.54) is 16.0 Å². The van der Waals surface area contributed by atoms with Crippen molar-refractivity contribution in [2.75, 3.05) is 0 Å². The second kappa shape index (κ2) is 6.70. The molecule has 2 heterocycles. The van der Waals surface area contributed by atoms with Gasteiger partial charge in [0.2, 0.25) is 0 Å². The molecule has 1 atom stereocenters. The Morgan fingerprint density at radius 1 is 1.19 bits per heavy atom. The summed E-state index contributed by atoms with van der Waals surface area (Å²) in [5.74, 6) is 0. The molecule has 0 fully saturated rings. The third-order valence-corrected chi connectivity index (χ3v) is 4.52. The van der Waals surface area contributed by atoms with Gasteiger partial charge >= 0.3 is 0 Å². The van der Waals surface area contributed by atoms with E-state index in [2.05, 4.69) is 70.3 Å². The average molecular weight is 297 g/mol. The molecule has 3 rings (SSSR count). The van der Waals surface area contributed by atoms with E-state index in [1.807, 2.05) is 6.20 Å². The molecule has 0 saturated heterocycles. The highest BCUT2D eigenvalue weighted by molar-refractivity contribution is 7.13. The highest BCUT2D eigenvalue weighted by atomic mass is 32.1. The molecule has 108 valence electrons. The zero-order chi connectivity index (χ0) is 14.5. The van der Waals surface area contributed by atoms with Crippen molar-refractivity contribution in [2.45, 2.75) is 25.9 Å². The van der Waals surface area contributed by atoms with Crippen molar-refractivity contribution in [3.63, 3.8) is 0 Å². The highest BCUT2D eigenvalue weighted by Crippen LogP contribution is 2.26. The minimum absolute atomic E-state index is 0.372. The summed E-state index contributed by atoms with van der Waals surface area (Å²) in [5, 5.41) is 13.0. The minimum Gasteiger partial charge on any atom is -0.306 e. The van der Waals surface area contributed by atoms with Gasteiger partial charge in [-0.05, 0) is 23.4 Å². The first-order valence-electron chi connectivity index (χ1n) is 7.23. The number of nitrogens with one attached hydrogen (secondary N) is 2. The lowest BCUT2D eigenvalue weighted by Crippen LogP contribution is -2.20. The first-order valence-corrected chi connectivity index (χ1v) is 8.11. The number of aromatic nitrogens is 2. The van der Waals surface area contributed by atoms with Crippen molar-refractivity contribution in [2.24, 2.45) is 0 Å². The Bertz CT molecular complexity index is 658. The van der Waals surface area contributed by atoms with E-state index in [-0.39, 0.29) is 0 Å². The molecule has 0 amide bonds. The lowest BCUT2D eigenvalue weighted by Gasteiger charge is -2.17. The molecule has 0 bridgehead atoms. The molecule has 3 nitrogen and oxygen atoms in total. The van der Waals surface area contributed by atoms with Gasteiger partial charge in [0, 0.05) is 18.2 Å². The summed E-state index contributed by atoms with van der Waals surface area (Å²) in [7, 11) is 0. The van der Waals surface area contributed by atoms with Gasteiger partial charge in [-0.15, -0.1) is 11.3 Å².